The van der Waals surface area contributed by atoms with Gasteiger partial charge >= 0.3 is 0 Å². The Morgan fingerprint density at radius 2 is 2.00 bits per heavy atom. The zero-order chi connectivity index (χ0) is 21.2. The van der Waals surface area contributed by atoms with Crippen molar-refractivity contribution in [2.45, 2.75) is 13.0 Å². The van der Waals surface area contributed by atoms with Crippen molar-refractivity contribution in [1.82, 2.24) is 24.8 Å². The molecule has 154 valence electrons. The third-order valence-corrected chi connectivity index (χ3v) is 6.97. The number of thiazole rings is 1. The molecular weight excluding hydrogens is 450 g/mol. The van der Waals surface area contributed by atoms with Crippen LogP contribution in [0.1, 0.15) is 11.3 Å². The van der Waals surface area contributed by atoms with Gasteiger partial charge in [0.05, 0.1) is 32.4 Å². The fourth-order valence-electron chi connectivity index (χ4n) is 3.16. The van der Waals surface area contributed by atoms with Crippen LogP contribution in [-0.4, -0.2) is 25.4 Å². The van der Waals surface area contributed by atoms with Crippen LogP contribution < -0.4 is 5.32 Å². The van der Waals surface area contributed by atoms with Gasteiger partial charge in [0, 0.05) is 18.1 Å². The molecule has 1 amide bonds. The molecule has 0 atom stereocenters. The van der Waals surface area contributed by atoms with Crippen molar-refractivity contribution >= 4 is 51.2 Å². The van der Waals surface area contributed by atoms with E-state index in [9.17, 15) is 4.79 Å². The molecule has 0 radical (unpaired) electrons. The Hall–Kier alpha value is -3.07. The predicted molar refractivity (Wildman–Crippen MR) is 125 cm³/mol. The number of carbonyl (C=O) groups is 1. The first-order chi connectivity index (χ1) is 15.2. The molecule has 5 rings (SSSR count). The summed E-state index contributed by atoms with van der Waals surface area (Å²) >= 11 is 8.98. The topological polar surface area (TPSA) is 72.7 Å². The monoisotopic (exact) mass is 465 g/mol. The molecule has 1 aromatic carbocycles. The molecule has 6 nitrogen and oxygen atoms in total. The highest BCUT2D eigenvalue weighted by Gasteiger charge is 2.11. The van der Waals surface area contributed by atoms with Crippen LogP contribution in [0.15, 0.2) is 66.4 Å². The SMILES string of the molecule is O=C(Cc1csc(-c2ccc(Cl)s2)n1)NCc1ccc(-n2cnc3ccccc32)nc1. The van der Waals surface area contributed by atoms with Crippen molar-refractivity contribution in [3.8, 4) is 15.7 Å². The number of carbonyl (C=O) groups excluding carboxylic acids is 1. The maximum Gasteiger partial charge on any atom is 0.226 e. The highest BCUT2D eigenvalue weighted by Crippen LogP contribution is 2.33. The van der Waals surface area contributed by atoms with Gasteiger partial charge in [0.25, 0.3) is 0 Å². The van der Waals surface area contributed by atoms with E-state index in [4.69, 9.17) is 11.6 Å². The number of fused-ring (bicyclic) bond motifs is 1. The molecule has 0 saturated carbocycles. The number of aromatic nitrogens is 4. The molecule has 0 spiro atoms. The summed E-state index contributed by atoms with van der Waals surface area (Å²) in [6.45, 7) is 0.411. The molecule has 0 aliphatic carbocycles. The van der Waals surface area contributed by atoms with Gasteiger partial charge < -0.3 is 5.32 Å². The summed E-state index contributed by atoms with van der Waals surface area (Å²) in [5.41, 5.74) is 3.60. The molecule has 31 heavy (non-hydrogen) atoms. The van der Waals surface area contributed by atoms with Crippen LogP contribution in [0, 0.1) is 0 Å². The number of nitrogens with zero attached hydrogens (tertiary/aromatic N) is 4. The van der Waals surface area contributed by atoms with Gasteiger partial charge in [0.1, 0.15) is 17.2 Å². The van der Waals surface area contributed by atoms with Crippen LogP contribution in [0.2, 0.25) is 4.34 Å². The zero-order valence-corrected chi connectivity index (χ0v) is 18.5. The number of thiophene rings is 1. The summed E-state index contributed by atoms with van der Waals surface area (Å²) in [4.78, 5) is 26.8. The molecule has 4 aromatic heterocycles. The maximum absolute atomic E-state index is 12.3. The second-order valence-electron chi connectivity index (χ2n) is 6.83. The lowest BCUT2D eigenvalue weighted by Gasteiger charge is -2.07. The fraction of sp³-hybridized carbons (Fsp3) is 0.0909. The van der Waals surface area contributed by atoms with Gasteiger partial charge in [-0.1, -0.05) is 29.8 Å². The third-order valence-electron chi connectivity index (χ3n) is 4.68. The van der Waals surface area contributed by atoms with Crippen molar-refractivity contribution in [1.29, 1.82) is 0 Å². The number of hydrogen-bond acceptors (Lipinski definition) is 6. The maximum atomic E-state index is 12.3. The first-order valence-electron chi connectivity index (χ1n) is 9.50. The molecule has 1 N–H and O–H groups in total. The molecule has 5 aromatic rings. The van der Waals surface area contributed by atoms with Gasteiger partial charge in [-0.25, -0.2) is 15.0 Å². The van der Waals surface area contributed by atoms with Crippen LogP contribution in [0.3, 0.4) is 0 Å². The van der Waals surface area contributed by atoms with Gasteiger partial charge in [-0.3, -0.25) is 9.36 Å². The number of benzene rings is 1. The van der Waals surface area contributed by atoms with E-state index < -0.39 is 0 Å². The highest BCUT2D eigenvalue weighted by molar-refractivity contribution is 7.23. The second kappa shape index (κ2) is 8.58. The minimum absolute atomic E-state index is 0.0780. The first-order valence-corrected chi connectivity index (χ1v) is 11.6. The third kappa shape index (κ3) is 4.36. The van der Waals surface area contributed by atoms with Gasteiger partial charge in [-0.15, -0.1) is 22.7 Å². The average Bonchev–Trinajstić information content (AvgIpc) is 3.52. The number of imidazole rings is 1. The van der Waals surface area contributed by atoms with Crippen molar-refractivity contribution < 1.29 is 4.79 Å². The number of para-hydroxylation sites is 2. The smallest absolute Gasteiger partial charge is 0.226 e. The molecule has 9 heteroatoms. The van der Waals surface area contributed by atoms with E-state index >= 15 is 0 Å². The first kappa shape index (κ1) is 19.9. The largest absolute Gasteiger partial charge is 0.352 e. The van der Waals surface area contributed by atoms with Gasteiger partial charge in [0.15, 0.2) is 0 Å². The van der Waals surface area contributed by atoms with E-state index in [0.717, 1.165) is 42.3 Å². The van der Waals surface area contributed by atoms with E-state index in [1.165, 1.54) is 22.7 Å². The van der Waals surface area contributed by atoms with Crippen LogP contribution in [0.4, 0.5) is 0 Å². The molecule has 4 heterocycles. The average molecular weight is 466 g/mol. The molecule has 0 fully saturated rings. The van der Waals surface area contributed by atoms with Gasteiger partial charge in [-0.05, 0) is 35.9 Å². The standard InChI is InChI=1S/C22H16ClN5OS2/c23-19-7-6-18(31-19)22-27-15(12-30-22)9-21(29)25-11-14-5-8-20(24-10-14)28-13-26-16-3-1-2-4-17(16)28/h1-8,10,12-13H,9,11H2,(H,25,29). The number of pyridine rings is 1. The highest BCUT2D eigenvalue weighted by atomic mass is 35.5. The van der Waals surface area contributed by atoms with E-state index in [1.54, 1.807) is 12.5 Å². The van der Waals surface area contributed by atoms with Crippen molar-refractivity contribution in [3.63, 3.8) is 0 Å². The number of nitrogens with one attached hydrogen (secondary N) is 1. The Balaban J connectivity index is 1.19. The Morgan fingerprint density at radius 3 is 2.81 bits per heavy atom. The van der Waals surface area contributed by atoms with Crippen LogP contribution in [0.5, 0.6) is 0 Å². The molecule has 0 bridgehead atoms. The number of amides is 1. The summed E-state index contributed by atoms with van der Waals surface area (Å²) in [6.07, 6.45) is 3.77. The normalized spacial score (nSPS) is 11.1. The Kier molecular flexibility index (Phi) is 5.50. The summed E-state index contributed by atoms with van der Waals surface area (Å²) in [7, 11) is 0. The van der Waals surface area contributed by atoms with Crippen LogP contribution in [0.25, 0.3) is 26.7 Å². The lowest BCUT2D eigenvalue weighted by Crippen LogP contribution is -2.24. The second-order valence-corrected chi connectivity index (χ2v) is 9.40. The predicted octanol–water partition coefficient (Wildman–Crippen LogP) is 5.12. The van der Waals surface area contributed by atoms with Crippen molar-refractivity contribution in [2.75, 3.05) is 0 Å². The molecule has 0 aliphatic heterocycles. The summed E-state index contributed by atoms with van der Waals surface area (Å²) in [5, 5.41) is 5.72. The molecule has 0 saturated heterocycles. The number of hydrogen-bond donors (Lipinski definition) is 1. The summed E-state index contributed by atoms with van der Waals surface area (Å²) < 4.78 is 2.67. The van der Waals surface area contributed by atoms with E-state index in [-0.39, 0.29) is 12.3 Å². The molecule has 0 aliphatic rings. The fourth-order valence-corrected chi connectivity index (χ4v) is 5.10. The molecular formula is C22H16ClN5OS2. The number of halogens is 1. The number of rotatable bonds is 6. The van der Waals surface area contributed by atoms with Crippen LogP contribution in [-0.2, 0) is 17.8 Å². The Bertz CT molecular complexity index is 1360. The van der Waals surface area contributed by atoms with Gasteiger partial charge in [-0.2, -0.15) is 0 Å². The lowest BCUT2D eigenvalue weighted by atomic mass is 10.2. The quantitative estimate of drug-likeness (QED) is 0.378. The molecule has 0 unspecified atom stereocenters. The summed E-state index contributed by atoms with van der Waals surface area (Å²) in [5.74, 6) is 0.707. The zero-order valence-electron chi connectivity index (χ0n) is 16.2. The minimum atomic E-state index is -0.0780. The lowest BCUT2D eigenvalue weighted by molar-refractivity contribution is -0.120. The minimum Gasteiger partial charge on any atom is -0.352 e. The van der Waals surface area contributed by atoms with E-state index in [2.05, 4.69) is 20.3 Å². The summed E-state index contributed by atoms with van der Waals surface area (Å²) in [6, 6.07) is 15.6. The van der Waals surface area contributed by atoms with E-state index in [1.807, 2.05) is 58.5 Å². The van der Waals surface area contributed by atoms with Crippen molar-refractivity contribution in [3.05, 3.63) is 82.0 Å². The van der Waals surface area contributed by atoms with E-state index in [0.29, 0.717) is 6.54 Å². The Labute approximate surface area is 191 Å². The Morgan fingerprint density at radius 1 is 1.10 bits per heavy atom. The van der Waals surface area contributed by atoms with Gasteiger partial charge in [0.2, 0.25) is 5.91 Å². The van der Waals surface area contributed by atoms with Crippen LogP contribution >= 0.6 is 34.3 Å². The van der Waals surface area contributed by atoms with Crippen molar-refractivity contribution in [2.24, 2.45) is 0 Å².